The lowest BCUT2D eigenvalue weighted by Gasteiger charge is -2.38. The Labute approximate surface area is 210 Å². The second-order valence-corrected chi connectivity index (χ2v) is 9.82. The van der Waals surface area contributed by atoms with E-state index in [1.165, 1.54) is 17.0 Å². The largest absolute Gasteiger partial charge is 0.491 e. The molecule has 0 aromatic heterocycles. The highest BCUT2D eigenvalue weighted by Crippen LogP contribution is 2.31. The van der Waals surface area contributed by atoms with Gasteiger partial charge in [-0.05, 0) is 43.9 Å². The van der Waals surface area contributed by atoms with Crippen LogP contribution in [0.4, 0.5) is 9.18 Å². The SMILES string of the molecule is CN(C)C(=O)N1CCC(C(=O)N2[C@@H]3CC[C@H]2CC(=O)NCCOc2ccc(F)cc2C(=O)NC3)CC1. The fourth-order valence-corrected chi connectivity index (χ4v) is 5.28. The number of hydrogen-bond acceptors (Lipinski definition) is 5. The first-order valence-electron chi connectivity index (χ1n) is 12.5. The molecule has 2 bridgehead atoms. The van der Waals surface area contributed by atoms with Crippen molar-refractivity contribution in [2.45, 2.75) is 44.2 Å². The second kappa shape index (κ2) is 11.1. The highest BCUT2D eigenvalue weighted by molar-refractivity contribution is 5.97. The molecule has 11 heteroatoms. The molecular formula is C25H34FN5O5. The van der Waals surface area contributed by atoms with Gasteiger partial charge in [0.05, 0.1) is 12.1 Å². The fourth-order valence-electron chi connectivity index (χ4n) is 5.28. The molecule has 3 aliphatic heterocycles. The molecule has 4 rings (SSSR count). The van der Waals surface area contributed by atoms with Crippen LogP contribution in [0.2, 0.25) is 0 Å². The average Bonchev–Trinajstić information content (AvgIpc) is 3.26. The maximum atomic E-state index is 13.9. The zero-order chi connectivity index (χ0) is 25.8. The van der Waals surface area contributed by atoms with Crippen molar-refractivity contribution in [1.82, 2.24) is 25.3 Å². The van der Waals surface area contributed by atoms with Crippen LogP contribution in [-0.2, 0) is 9.59 Å². The van der Waals surface area contributed by atoms with E-state index in [2.05, 4.69) is 10.6 Å². The van der Waals surface area contributed by atoms with Gasteiger partial charge in [-0.3, -0.25) is 14.4 Å². The lowest BCUT2D eigenvalue weighted by atomic mass is 9.94. The van der Waals surface area contributed by atoms with E-state index in [-0.39, 0.29) is 73.3 Å². The number of nitrogens with one attached hydrogen (secondary N) is 2. The van der Waals surface area contributed by atoms with Gasteiger partial charge < -0.3 is 30.1 Å². The number of carbonyl (C=O) groups is 4. The van der Waals surface area contributed by atoms with Crippen LogP contribution in [0.1, 0.15) is 42.5 Å². The zero-order valence-corrected chi connectivity index (χ0v) is 20.8. The number of piperidine rings is 1. The van der Waals surface area contributed by atoms with Gasteiger partial charge in [0.15, 0.2) is 0 Å². The van der Waals surface area contributed by atoms with Crippen LogP contribution in [0.5, 0.6) is 5.75 Å². The van der Waals surface area contributed by atoms with Crippen molar-refractivity contribution in [2.75, 3.05) is 46.9 Å². The molecule has 5 amide bonds. The van der Waals surface area contributed by atoms with Crippen molar-refractivity contribution in [1.29, 1.82) is 0 Å². The number of fused-ring (bicyclic) bond motifs is 3. The number of benzene rings is 1. The van der Waals surface area contributed by atoms with Gasteiger partial charge in [-0.1, -0.05) is 0 Å². The fraction of sp³-hybridized carbons (Fsp3) is 0.600. The van der Waals surface area contributed by atoms with E-state index >= 15 is 0 Å². The van der Waals surface area contributed by atoms with E-state index in [9.17, 15) is 23.6 Å². The maximum Gasteiger partial charge on any atom is 0.319 e. The minimum atomic E-state index is -0.557. The van der Waals surface area contributed by atoms with E-state index < -0.39 is 11.7 Å². The molecule has 196 valence electrons. The third-order valence-corrected chi connectivity index (χ3v) is 7.16. The Morgan fingerprint density at radius 2 is 1.78 bits per heavy atom. The first kappa shape index (κ1) is 25.7. The number of likely N-dealkylation sites (tertiary alicyclic amines) is 1. The van der Waals surface area contributed by atoms with Crippen LogP contribution in [-0.4, -0.2) is 97.4 Å². The van der Waals surface area contributed by atoms with Crippen molar-refractivity contribution in [3.63, 3.8) is 0 Å². The number of urea groups is 1. The van der Waals surface area contributed by atoms with Gasteiger partial charge in [-0.2, -0.15) is 0 Å². The van der Waals surface area contributed by atoms with Gasteiger partial charge in [-0.15, -0.1) is 0 Å². The summed E-state index contributed by atoms with van der Waals surface area (Å²) in [4.78, 5) is 56.6. The molecule has 2 fully saturated rings. The monoisotopic (exact) mass is 503 g/mol. The minimum absolute atomic E-state index is 0.0385. The normalized spacial score (nSPS) is 23.6. The van der Waals surface area contributed by atoms with E-state index in [4.69, 9.17) is 4.74 Å². The quantitative estimate of drug-likeness (QED) is 0.599. The van der Waals surface area contributed by atoms with Crippen LogP contribution in [0.3, 0.4) is 0 Å². The summed E-state index contributed by atoms with van der Waals surface area (Å²) in [7, 11) is 3.41. The van der Waals surface area contributed by atoms with Gasteiger partial charge in [0.2, 0.25) is 11.8 Å². The molecule has 3 aliphatic rings. The Hall–Kier alpha value is -3.37. The molecule has 1 aromatic rings. The predicted octanol–water partition coefficient (Wildman–Crippen LogP) is 1.21. The molecular weight excluding hydrogens is 469 g/mol. The molecule has 36 heavy (non-hydrogen) atoms. The van der Waals surface area contributed by atoms with Crippen molar-refractivity contribution in [3.8, 4) is 5.75 Å². The number of halogens is 1. The minimum Gasteiger partial charge on any atom is -0.491 e. The number of hydrogen-bond donors (Lipinski definition) is 2. The predicted molar refractivity (Wildman–Crippen MR) is 129 cm³/mol. The first-order valence-corrected chi connectivity index (χ1v) is 12.5. The van der Waals surface area contributed by atoms with Crippen LogP contribution in [0.25, 0.3) is 0 Å². The number of nitrogens with zero attached hydrogens (tertiary/aromatic N) is 3. The molecule has 0 saturated carbocycles. The second-order valence-electron chi connectivity index (χ2n) is 9.82. The van der Waals surface area contributed by atoms with Crippen LogP contribution in [0, 0.1) is 11.7 Å². The Kier molecular flexibility index (Phi) is 7.95. The topological polar surface area (TPSA) is 111 Å². The van der Waals surface area contributed by atoms with Crippen LogP contribution >= 0.6 is 0 Å². The average molecular weight is 504 g/mol. The van der Waals surface area contributed by atoms with Gasteiger partial charge >= 0.3 is 6.03 Å². The summed E-state index contributed by atoms with van der Waals surface area (Å²) >= 11 is 0. The summed E-state index contributed by atoms with van der Waals surface area (Å²) in [5.41, 5.74) is 0.0729. The Morgan fingerprint density at radius 1 is 1.06 bits per heavy atom. The molecule has 0 unspecified atom stereocenters. The summed E-state index contributed by atoms with van der Waals surface area (Å²) in [6.45, 7) is 1.53. The lowest BCUT2D eigenvalue weighted by molar-refractivity contribution is -0.140. The Bertz CT molecular complexity index is 1010. The van der Waals surface area contributed by atoms with Gasteiger partial charge in [-0.25, -0.2) is 9.18 Å². The highest BCUT2D eigenvalue weighted by atomic mass is 19.1. The number of amides is 5. The van der Waals surface area contributed by atoms with Crippen LogP contribution < -0.4 is 15.4 Å². The molecule has 2 saturated heterocycles. The van der Waals surface area contributed by atoms with Gasteiger partial charge in [0.25, 0.3) is 5.91 Å². The summed E-state index contributed by atoms with van der Waals surface area (Å²) in [5, 5.41) is 5.66. The molecule has 0 radical (unpaired) electrons. The Morgan fingerprint density at radius 3 is 2.50 bits per heavy atom. The number of carbonyl (C=O) groups excluding carboxylic acids is 4. The first-order chi connectivity index (χ1) is 17.2. The van der Waals surface area contributed by atoms with Crippen molar-refractivity contribution >= 4 is 23.8 Å². The number of ether oxygens (including phenoxy) is 1. The molecule has 10 nitrogen and oxygen atoms in total. The van der Waals surface area contributed by atoms with Gasteiger partial charge in [0, 0.05) is 58.2 Å². The van der Waals surface area contributed by atoms with E-state index in [0.29, 0.717) is 38.8 Å². The third-order valence-electron chi connectivity index (χ3n) is 7.16. The highest BCUT2D eigenvalue weighted by Gasteiger charge is 2.41. The third kappa shape index (κ3) is 5.71. The van der Waals surface area contributed by atoms with E-state index in [0.717, 1.165) is 6.07 Å². The standard InChI is InChI=1S/C25H34FN5O5/c1-29(2)25(35)30-10-7-16(8-11-30)24(34)31-18-4-5-19(31)15-28-23(33)20-13-17(26)3-6-21(20)36-12-9-27-22(32)14-18/h3,6,13,16,18-19H,4-5,7-12,14-15H2,1-2H3,(H,27,32)(H,28,33)/t18-,19+/m0/s1. The van der Waals surface area contributed by atoms with Crippen molar-refractivity contribution < 1.29 is 28.3 Å². The number of rotatable bonds is 1. The maximum absolute atomic E-state index is 13.9. The van der Waals surface area contributed by atoms with Gasteiger partial charge in [0.1, 0.15) is 18.2 Å². The molecule has 0 spiro atoms. The van der Waals surface area contributed by atoms with Crippen molar-refractivity contribution in [2.24, 2.45) is 5.92 Å². The zero-order valence-electron chi connectivity index (χ0n) is 20.8. The smallest absolute Gasteiger partial charge is 0.319 e. The molecule has 1 aromatic carbocycles. The summed E-state index contributed by atoms with van der Waals surface area (Å²) in [6, 6.07) is 3.12. The summed E-state index contributed by atoms with van der Waals surface area (Å²) < 4.78 is 19.5. The summed E-state index contributed by atoms with van der Waals surface area (Å²) in [6.07, 6.45) is 2.58. The molecule has 2 atom stereocenters. The van der Waals surface area contributed by atoms with E-state index in [1.807, 2.05) is 0 Å². The van der Waals surface area contributed by atoms with Crippen LogP contribution in [0.15, 0.2) is 18.2 Å². The molecule has 2 N–H and O–H groups in total. The lowest BCUT2D eigenvalue weighted by Crippen LogP contribution is -2.52. The van der Waals surface area contributed by atoms with Crippen molar-refractivity contribution in [3.05, 3.63) is 29.6 Å². The van der Waals surface area contributed by atoms with E-state index in [1.54, 1.807) is 23.9 Å². The Balaban J connectivity index is 1.51. The summed E-state index contributed by atoms with van der Waals surface area (Å²) in [5.74, 6) is -1.26. The molecule has 0 aliphatic carbocycles. The molecule has 3 heterocycles.